The Bertz CT molecular complexity index is 971. The lowest BCUT2D eigenvalue weighted by Crippen LogP contribution is -2.23. The number of hydrogen-bond donors (Lipinski definition) is 1. The molecule has 118 valence electrons. The van der Waals surface area contributed by atoms with Crippen LogP contribution in [0.2, 0.25) is 0 Å². The van der Waals surface area contributed by atoms with E-state index in [-0.39, 0.29) is 5.56 Å². The van der Waals surface area contributed by atoms with Crippen molar-refractivity contribution in [2.45, 2.75) is 26.3 Å². The normalized spacial score (nSPS) is 12.6. The number of pyridine rings is 1. The lowest BCUT2D eigenvalue weighted by Gasteiger charge is -2.05. The Labute approximate surface area is 128 Å². The van der Waals surface area contributed by atoms with Gasteiger partial charge in [0.05, 0.1) is 11.9 Å². The predicted molar refractivity (Wildman–Crippen MR) is 85.0 cm³/mol. The third-order valence-corrected chi connectivity index (χ3v) is 4.42. The number of imidazole rings is 2. The molecule has 0 fully saturated rings. The van der Waals surface area contributed by atoms with Crippen LogP contribution in [0.4, 0.5) is 0 Å². The van der Waals surface area contributed by atoms with Crippen molar-refractivity contribution in [3.63, 3.8) is 0 Å². The van der Waals surface area contributed by atoms with Crippen LogP contribution in [0.25, 0.3) is 16.8 Å². The Morgan fingerprint density at radius 1 is 1.27 bits per heavy atom. The summed E-state index contributed by atoms with van der Waals surface area (Å²) < 4.78 is 28.1. The molecule has 0 aliphatic heterocycles. The largest absolute Gasteiger partial charge is 0.292 e. The van der Waals surface area contributed by atoms with Crippen LogP contribution in [-0.2, 0) is 16.6 Å². The molecular formula is C14H18N4O3S. The molecule has 0 aliphatic carbocycles. The second kappa shape index (κ2) is 5.36. The molecule has 0 bridgehead atoms. The van der Waals surface area contributed by atoms with Crippen LogP contribution in [-0.4, -0.2) is 35.2 Å². The summed E-state index contributed by atoms with van der Waals surface area (Å²) in [5, 5.41) is 0. The minimum atomic E-state index is -3.15. The summed E-state index contributed by atoms with van der Waals surface area (Å²) in [4.78, 5) is 16.9. The van der Waals surface area contributed by atoms with Gasteiger partial charge in [-0.2, -0.15) is 0 Å². The lowest BCUT2D eigenvalue weighted by atomic mass is 10.3. The molecule has 22 heavy (non-hydrogen) atoms. The van der Waals surface area contributed by atoms with Crippen molar-refractivity contribution in [2.75, 3.05) is 12.8 Å². The van der Waals surface area contributed by atoms with Crippen LogP contribution in [0, 0.1) is 6.92 Å². The van der Waals surface area contributed by atoms with Crippen molar-refractivity contribution in [1.82, 2.24) is 18.7 Å². The predicted octanol–water partition coefficient (Wildman–Crippen LogP) is 0.725. The number of sulfonamides is 1. The van der Waals surface area contributed by atoms with E-state index in [1.165, 1.54) is 0 Å². The van der Waals surface area contributed by atoms with Crippen LogP contribution in [0.15, 0.2) is 23.0 Å². The van der Waals surface area contributed by atoms with Crippen LogP contribution in [0.5, 0.6) is 0 Å². The third kappa shape index (κ3) is 2.59. The zero-order valence-electron chi connectivity index (χ0n) is 12.5. The summed E-state index contributed by atoms with van der Waals surface area (Å²) in [7, 11) is -3.15. The molecule has 0 amide bonds. The van der Waals surface area contributed by atoms with Crippen LogP contribution in [0.3, 0.4) is 0 Å². The van der Waals surface area contributed by atoms with Crippen molar-refractivity contribution in [2.24, 2.45) is 0 Å². The second-order valence-electron chi connectivity index (χ2n) is 5.45. The van der Waals surface area contributed by atoms with Gasteiger partial charge in [0.2, 0.25) is 10.0 Å². The first-order valence-electron chi connectivity index (χ1n) is 7.13. The van der Waals surface area contributed by atoms with Crippen molar-refractivity contribution in [3.05, 3.63) is 34.2 Å². The van der Waals surface area contributed by atoms with E-state index in [0.29, 0.717) is 25.0 Å². The van der Waals surface area contributed by atoms with Gasteiger partial charge in [-0.1, -0.05) is 6.07 Å². The molecule has 0 spiro atoms. The smallest absolute Gasteiger partial charge is 0.278 e. The van der Waals surface area contributed by atoms with Crippen molar-refractivity contribution in [3.8, 4) is 0 Å². The van der Waals surface area contributed by atoms with Gasteiger partial charge in [-0.25, -0.2) is 18.1 Å². The molecule has 0 aromatic carbocycles. The fourth-order valence-corrected chi connectivity index (χ4v) is 3.27. The zero-order valence-corrected chi connectivity index (χ0v) is 13.4. The highest BCUT2D eigenvalue weighted by Gasteiger charge is 2.17. The molecule has 0 saturated carbocycles. The molecule has 0 atom stereocenters. The maximum Gasteiger partial charge on any atom is 0.278 e. The molecule has 3 aromatic heterocycles. The van der Waals surface area contributed by atoms with E-state index in [2.05, 4.69) is 9.71 Å². The zero-order chi connectivity index (χ0) is 15.9. The van der Waals surface area contributed by atoms with Gasteiger partial charge in [0, 0.05) is 13.1 Å². The molecular weight excluding hydrogens is 304 g/mol. The lowest BCUT2D eigenvalue weighted by molar-refractivity contribution is 0.571. The van der Waals surface area contributed by atoms with Gasteiger partial charge in [0.15, 0.2) is 0 Å². The molecule has 3 heterocycles. The molecule has 3 aromatic rings. The van der Waals surface area contributed by atoms with E-state index in [4.69, 9.17) is 0 Å². The first kappa shape index (κ1) is 15.0. The molecule has 8 heteroatoms. The monoisotopic (exact) mass is 322 g/mol. The minimum Gasteiger partial charge on any atom is -0.292 e. The number of aryl methyl sites for hydroxylation is 2. The number of nitrogens with one attached hydrogen (secondary N) is 1. The Kier molecular flexibility index (Phi) is 3.65. The van der Waals surface area contributed by atoms with E-state index in [0.717, 1.165) is 29.7 Å². The molecule has 0 radical (unpaired) electrons. The van der Waals surface area contributed by atoms with E-state index in [9.17, 15) is 13.2 Å². The van der Waals surface area contributed by atoms with Crippen molar-refractivity contribution >= 4 is 26.8 Å². The van der Waals surface area contributed by atoms with Gasteiger partial charge < -0.3 is 0 Å². The standard InChI is InChI=1S/C14H18N4O3S/c1-10-13-14(19)17(9-4-3-8-15-22(2,20)21)12-7-5-6-11(16-10)18(12)13/h5-7,15H,3-4,8-9H2,1-2H3. The SMILES string of the molecule is Cc1nc2cccc3n(CCCCNS(C)(=O)=O)c(=O)c1n23. The van der Waals surface area contributed by atoms with Crippen molar-refractivity contribution in [1.29, 1.82) is 0 Å². The second-order valence-corrected chi connectivity index (χ2v) is 7.29. The Hall–Kier alpha value is -1.93. The van der Waals surface area contributed by atoms with Gasteiger partial charge in [-0.15, -0.1) is 0 Å². The van der Waals surface area contributed by atoms with Gasteiger partial charge in [-0.3, -0.25) is 13.8 Å². The maximum atomic E-state index is 12.5. The fourth-order valence-electron chi connectivity index (χ4n) is 2.75. The van der Waals surface area contributed by atoms with Gasteiger partial charge in [0.25, 0.3) is 5.56 Å². The van der Waals surface area contributed by atoms with E-state index in [1.807, 2.05) is 29.5 Å². The number of hydrogen-bond acceptors (Lipinski definition) is 4. The van der Waals surface area contributed by atoms with E-state index < -0.39 is 10.0 Å². The van der Waals surface area contributed by atoms with E-state index >= 15 is 0 Å². The molecule has 1 N–H and O–H groups in total. The third-order valence-electron chi connectivity index (χ3n) is 3.69. The average molecular weight is 322 g/mol. The van der Waals surface area contributed by atoms with Crippen molar-refractivity contribution < 1.29 is 8.42 Å². The molecule has 0 unspecified atom stereocenters. The Morgan fingerprint density at radius 3 is 2.77 bits per heavy atom. The number of nitrogens with zero attached hydrogens (tertiary/aromatic N) is 3. The summed E-state index contributed by atoms with van der Waals surface area (Å²) in [6.07, 6.45) is 2.54. The first-order valence-corrected chi connectivity index (χ1v) is 9.02. The number of aromatic nitrogens is 3. The Balaban J connectivity index is 1.81. The highest BCUT2D eigenvalue weighted by molar-refractivity contribution is 7.88. The number of unbranched alkanes of at least 4 members (excludes halogenated alkanes) is 1. The quantitative estimate of drug-likeness (QED) is 0.678. The van der Waals surface area contributed by atoms with Crippen LogP contribution in [0.1, 0.15) is 18.5 Å². The van der Waals surface area contributed by atoms with Gasteiger partial charge in [0.1, 0.15) is 16.8 Å². The van der Waals surface area contributed by atoms with Crippen LogP contribution >= 0.6 is 0 Å². The molecule has 3 rings (SSSR count). The fraction of sp³-hybridized carbons (Fsp3) is 0.429. The van der Waals surface area contributed by atoms with Crippen LogP contribution < -0.4 is 10.3 Å². The molecule has 0 saturated heterocycles. The summed E-state index contributed by atoms with van der Waals surface area (Å²) in [6.45, 7) is 2.78. The van der Waals surface area contributed by atoms with Gasteiger partial charge >= 0.3 is 0 Å². The topological polar surface area (TPSA) is 85.5 Å². The maximum absolute atomic E-state index is 12.5. The van der Waals surface area contributed by atoms with Gasteiger partial charge in [-0.05, 0) is 31.9 Å². The highest BCUT2D eigenvalue weighted by Crippen LogP contribution is 2.17. The first-order chi connectivity index (χ1) is 10.4. The summed E-state index contributed by atoms with van der Waals surface area (Å²) in [6, 6.07) is 5.67. The summed E-state index contributed by atoms with van der Waals surface area (Å²) >= 11 is 0. The minimum absolute atomic E-state index is 0.0396. The van der Waals surface area contributed by atoms with E-state index in [1.54, 1.807) is 4.57 Å². The Morgan fingerprint density at radius 2 is 2.05 bits per heavy atom. The average Bonchev–Trinajstić information content (AvgIpc) is 2.90. The number of rotatable bonds is 6. The molecule has 7 nitrogen and oxygen atoms in total. The summed E-state index contributed by atoms with van der Waals surface area (Å²) in [5.41, 5.74) is 2.93. The summed E-state index contributed by atoms with van der Waals surface area (Å²) in [5.74, 6) is 0. The highest BCUT2D eigenvalue weighted by atomic mass is 32.2. The molecule has 0 aliphatic rings.